The van der Waals surface area contributed by atoms with E-state index in [1.807, 2.05) is 45.0 Å². The fourth-order valence-electron chi connectivity index (χ4n) is 5.54. The van der Waals surface area contributed by atoms with E-state index in [0.29, 0.717) is 32.2 Å². The van der Waals surface area contributed by atoms with Crippen LogP contribution in [0.4, 0.5) is 8.78 Å². The summed E-state index contributed by atoms with van der Waals surface area (Å²) in [6, 6.07) is 13.8. The van der Waals surface area contributed by atoms with Gasteiger partial charge in [0.2, 0.25) is 0 Å². The maximum atomic E-state index is 14.0. The number of esters is 1. The molecular weight excluding hydrogens is 640 g/mol. The van der Waals surface area contributed by atoms with Crippen molar-refractivity contribution in [3.63, 3.8) is 0 Å². The summed E-state index contributed by atoms with van der Waals surface area (Å²) in [5.74, 6) is -4.28. The van der Waals surface area contributed by atoms with E-state index in [9.17, 15) is 31.9 Å². The fourth-order valence-corrected chi connectivity index (χ4v) is 7.68. The maximum absolute atomic E-state index is 14.0. The number of ether oxygens (including phenoxy) is 1. The third kappa shape index (κ3) is 12.0. The minimum Gasteiger partial charge on any atom is -0.508 e. The van der Waals surface area contributed by atoms with Crippen LogP contribution >= 0.6 is 0 Å². The van der Waals surface area contributed by atoms with Crippen molar-refractivity contribution in [2.45, 2.75) is 89.3 Å². The fraction of sp³-hybridized carbons (Fsp3) is 0.444. The molecule has 3 aromatic carbocycles. The third-order valence-electron chi connectivity index (χ3n) is 8.04. The molecule has 0 saturated heterocycles. The summed E-state index contributed by atoms with van der Waals surface area (Å²) in [6.45, 7) is 6.20. The molecule has 12 heteroatoms. The van der Waals surface area contributed by atoms with Crippen LogP contribution in [0.2, 0.25) is 0 Å². The van der Waals surface area contributed by atoms with Gasteiger partial charge in [0, 0.05) is 30.8 Å². The average Bonchev–Trinajstić information content (AvgIpc) is 3.03. The van der Waals surface area contributed by atoms with E-state index in [2.05, 4.69) is 10.6 Å². The highest BCUT2D eigenvalue weighted by Gasteiger charge is 2.35. The molecule has 0 aliphatic rings. The van der Waals surface area contributed by atoms with Gasteiger partial charge in [0.15, 0.2) is 9.84 Å². The summed E-state index contributed by atoms with van der Waals surface area (Å²) in [6.07, 6.45) is 1.70. The first-order valence-corrected chi connectivity index (χ1v) is 18.1. The van der Waals surface area contributed by atoms with Crippen molar-refractivity contribution in [1.82, 2.24) is 10.6 Å². The van der Waals surface area contributed by atoms with Gasteiger partial charge >= 0.3 is 5.97 Å². The molecule has 1 amide bonds. The van der Waals surface area contributed by atoms with Crippen LogP contribution in [0.15, 0.2) is 66.7 Å². The Kier molecular flexibility index (Phi) is 15.0. The minimum absolute atomic E-state index is 0.0150. The van der Waals surface area contributed by atoms with Crippen molar-refractivity contribution in [3.05, 3.63) is 101 Å². The molecule has 0 bridgehead atoms. The van der Waals surface area contributed by atoms with Gasteiger partial charge in [-0.15, -0.1) is 0 Å². The zero-order valence-electron chi connectivity index (χ0n) is 27.8. The molecule has 0 heterocycles. The number of nitrogens with one attached hydrogen (secondary N) is 2. The SMILES string of the molecule is CCCC(CCC)S(=O)(=O)C[C@H](NC(=O)c1cccc(O)c1)C(=O)O[C@H](CNCc1cccc(CC)c1)[C@@H](N)Cc1cc(F)cc(F)c1. The Labute approximate surface area is 282 Å². The van der Waals surface area contributed by atoms with Gasteiger partial charge in [-0.25, -0.2) is 22.0 Å². The predicted molar refractivity (Wildman–Crippen MR) is 182 cm³/mol. The lowest BCUT2D eigenvalue weighted by molar-refractivity contribution is -0.151. The largest absolute Gasteiger partial charge is 0.508 e. The second-order valence-corrected chi connectivity index (χ2v) is 14.4. The lowest BCUT2D eigenvalue weighted by Crippen LogP contribution is -2.52. The second kappa shape index (κ2) is 18.6. The molecular formula is C36H47F2N3O6S. The summed E-state index contributed by atoms with van der Waals surface area (Å²) >= 11 is 0. The first-order valence-electron chi connectivity index (χ1n) is 16.4. The van der Waals surface area contributed by atoms with Crippen LogP contribution in [0.5, 0.6) is 5.75 Å². The molecule has 3 aromatic rings. The van der Waals surface area contributed by atoms with Gasteiger partial charge in [0.1, 0.15) is 29.5 Å². The number of nitrogens with two attached hydrogens (primary N) is 1. The van der Waals surface area contributed by atoms with E-state index < -0.39 is 62.5 Å². The summed E-state index contributed by atoms with van der Waals surface area (Å²) in [5.41, 5.74) is 8.86. The first kappa shape index (κ1) is 38.6. The number of hydrogen-bond acceptors (Lipinski definition) is 8. The van der Waals surface area contributed by atoms with Crippen LogP contribution in [0.25, 0.3) is 0 Å². The average molecular weight is 688 g/mol. The number of phenolic OH excluding ortho intramolecular Hbond substituents is 1. The Morgan fingerprint density at radius 1 is 0.896 bits per heavy atom. The number of phenols is 1. The van der Waals surface area contributed by atoms with Crippen LogP contribution in [0.3, 0.4) is 0 Å². The quantitative estimate of drug-likeness (QED) is 0.129. The van der Waals surface area contributed by atoms with Gasteiger partial charge in [0.25, 0.3) is 5.91 Å². The van der Waals surface area contributed by atoms with E-state index in [0.717, 1.165) is 35.7 Å². The molecule has 0 radical (unpaired) electrons. The first-order chi connectivity index (χ1) is 22.8. The highest BCUT2D eigenvalue weighted by atomic mass is 32.2. The van der Waals surface area contributed by atoms with Gasteiger partial charge in [-0.1, -0.05) is 63.9 Å². The maximum Gasteiger partial charge on any atom is 0.330 e. The number of halogens is 2. The van der Waals surface area contributed by atoms with E-state index in [-0.39, 0.29) is 29.8 Å². The number of aromatic hydroxyl groups is 1. The molecule has 3 atom stereocenters. The number of amides is 1. The molecule has 5 N–H and O–H groups in total. The summed E-state index contributed by atoms with van der Waals surface area (Å²) in [4.78, 5) is 27.0. The van der Waals surface area contributed by atoms with E-state index in [4.69, 9.17) is 10.5 Å². The normalized spacial score (nSPS) is 13.6. The number of carbonyl (C=O) groups excluding carboxylic acids is 2. The smallest absolute Gasteiger partial charge is 0.330 e. The predicted octanol–water partition coefficient (Wildman–Crippen LogP) is 4.99. The van der Waals surface area contributed by atoms with Crippen LogP contribution in [-0.2, 0) is 38.8 Å². The van der Waals surface area contributed by atoms with Gasteiger partial charge in [-0.05, 0) is 72.7 Å². The van der Waals surface area contributed by atoms with Crippen LogP contribution < -0.4 is 16.4 Å². The zero-order chi connectivity index (χ0) is 35.3. The molecule has 3 rings (SSSR count). The second-order valence-electron chi connectivity index (χ2n) is 12.0. The Balaban J connectivity index is 1.90. The van der Waals surface area contributed by atoms with Gasteiger partial charge < -0.3 is 26.2 Å². The minimum atomic E-state index is -3.90. The third-order valence-corrected chi connectivity index (χ3v) is 10.3. The van der Waals surface area contributed by atoms with Gasteiger partial charge in [-0.2, -0.15) is 0 Å². The van der Waals surface area contributed by atoms with Crippen LogP contribution in [0.1, 0.15) is 73.5 Å². The Hall–Kier alpha value is -3.87. The Morgan fingerprint density at radius 2 is 1.54 bits per heavy atom. The van der Waals surface area contributed by atoms with E-state index in [1.54, 1.807) is 0 Å². The lowest BCUT2D eigenvalue weighted by Gasteiger charge is -2.28. The van der Waals surface area contributed by atoms with Crippen molar-refractivity contribution in [2.24, 2.45) is 5.73 Å². The molecule has 0 aliphatic carbocycles. The van der Waals surface area contributed by atoms with Crippen molar-refractivity contribution < 1.29 is 36.6 Å². The Morgan fingerprint density at radius 3 is 2.17 bits per heavy atom. The monoisotopic (exact) mass is 687 g/mol. The molecule has 0 unspecified atom stereocenters. The number of benzene rings is 3. The summed E-state index contributed by atoms with van der Waals surface area (Å²) in [5, 5.41) is 14.9. The van der Waals surface area contributed by atoms with Gasteiger partial charge in [-0.3, -0.25) is 4.79 Å². The van der Waals surface area contributed by atoms with Crippen molar-refractivity contribution >= 4 is 21.7 Å². The van der Waals surface area contributed by atoms with E-state index >= 15 is 0 Å². The molecule has 0 aliphatic heterocycles. The summed E-state index contributed by atoms with van der Waals surface area (Å²) in [7, 11) is -3.90. The molecule has 0 saturated carbocycles. The number of hydrogen-bond donors (Lipinski definition) is 4. The zero-order valence-corrected chi connectivity index (χ0v) is 28.6. The molecule has 9 nitrogen and oxygen atoms in total. The molecule has 0 aromatic heterocycles. The topological polar surface area (TPSA) is 148 Å². The molecule has 48 heavy (non-hydrogen) atoms. The van der Waals surface area contributed by atoms with Crippen LogP contribution in [-0.4, -0.2) is 61.1 Å². The lowest BCUT2D eigenvalue weighted by atomic mass is 10.0. The Bertz CT molecular complexity index is 1590. The molecule has 0 spiro atoms. The summed E-state index contributed by atoms with van der Waals surface area (Å²) < 4.78 is 61.0. The molecule has 262 valence electrons. The van der Waals surface area contributed by atoms with Crippen molar-refractivity contribution in [1.29, 1.82) is 0 Å². The highest BCUT2D eigenvalue weighted by Crippen LogP contribution is 2.19. The number of rotatable bonds is 19. The van der Waals surface area contributed by atoms with Crippen molar-refractivity contribution in [2.75, 3.05) is 12.3 Å². The number of aryl methyl sites for hydroxylation is 1. The van der Waals surface area contributed by atoms with E-state index in [1.165, 1.54) is 24.3 Å². The number of sulfone groups is 1. The number of carbonyl (C=O) groups is 2. The van der Waals surface area contributed by atoms with Crippen molar-refractivity contribution in [3.8, 4) is 5.75 Å². The standard InChI is InChI=1S/C36H47F2N3O6S/c1-4-9-31(10-5-2)48(45,46)23-33(41-35(43)27-13-8-14-30(42)19-27)36(44)47-34(22-40-21-25-12-7-11-24(6-3)15-25)32(39)18-26-16-28(37)20-29(38)17-26/h7-8,11-17,19-20,31-34,40,42H,4-6,9-10,18,21-23,39H2,1-3H3,(H,41,43)/t32-,33-,34+/m0/s1. The van der Waals surface area contributed by atoms with Gasteiger partial charge in [0.05, 0.1) is 11.0 Å². The van der Waals surface area contributed by atoms with Crippen LogP contribution in [0, 0.1) is 11.6 Å². The highest BCUT2D eigenvalue weighted by molar-refractivity contribution is 7.92. The molecule has 0 fully saturated rings.